The van der Waals surface area contributed by atoms with Crippen LogP contribution in [0.2, 0.25) is 0 Å². The fourth-order valence-corrected chi connectivity index (χ4v) is 2.42. The molecule has 1 aliphatic heterocycles. The molecule has 21 heavy (non-hydrogen) atoms. The van der Waals surface area contributed by atoms with Crippen molar-refractivity contribution in [3.05, 3.63) is 59.4 Å². The lowest BCUT2D eigenvalue weighted by Gasteiger charge is -2.31. The lowest BCUT2D eigenvalue weighted by atomic mass is 9.91. The summed E-state index contributed by atoms with van der Waals surface area (Å²) < 4.78 is 5.94. The molecular formula is C17H14N2O2. The number of aromatic nitrogens is 1. The minimum atomic E-state index is -0.533. The van der Waals surface area contributed by atoms with E-state index in [1.807, 2.05) is 32.1 Å². The van der Waals surface area contributed by atoms with Crippen molar-refractivity contribution in [2.75, 3.05) is 0 Å². The van der Waals surface area contributed by atoms with Crippen LogP contribution in [-0.4, -0.2) is 15.7 Å². The number of pyridine rings is 1. The van der Waals surface area contributed by atoms with E-state index in [4.69, 9.17) is 4.74 Å². The molecule has 2 aromatic rings. The zero-order valence-electron chi connectivity index (χ0n) is 11.8. The first-order valence-corrected chi connectivity index (χ1v) is 6.61. The summed E-state index contributed by atoms with van der Waals surface area (Å²) in [5.74, 6) is 0.703. The van der Waals surface area contributed by atoms with E-state index in [2.05, 4.69) is 11.1 Å². The molecule has 1 aromatic carbocycles. The van der Waals surface area contributed by atoms with Crippen LogP contribution in [0.5, 0.6) is 11.5 Å². The number of fused-ring (bicyclic) bond motifs is 1. The zero-order valence-corrected chi connectivity index (χ0v) is 11.8. The maximum atomic E-state index is 9.39. The number of benzene rings is 1. The maximum Gasteiger partial charge on any atom is 0.146 e. The van der Waals surface area contributed by atoms with Crippen molar-refractivity contribution < 1.29 is 9.84 Å². The van der Waals surface area contributed by atoms with Crippen LogP contribution < -0.4 is 4.74 Å². The Morgan fingerprint density at radius 1 is 1.24 bits per heavy atom. The number of para-hydroxylation sites is 1. The summed E-state index contributed by atoms with van der Waals surface area (Å²) in [6.45, 7) is 3.87. The van der Waals surface area contributed by atoms with Crippen LogP contribution in [0.1, 0.15) is 30.7 Å². The molecule has 0 saturated heterocycles. The summed E-state index contributed by atoms with van der Waals surface area (Å²) in [4.78, 5) is 4.27. The van der Waals surface area contributed by atoms with E-state index in [-0.39, 0.29) is 5.75 Å². The molecular weight excluding hydrogens is 264 g/mol. The highest BCUT2D eigenvalue weighted by Gasteiger charge is 2.29. The predicted molar refractivity (Wildman–Crippen MR) is 78.8 cm³/mol. The van der Waals surface area contributed by atoms with Crippen molar-refractivity contribution in [2.24, 2.45) is 0 Å². The third-order valence-corrected chi connectivity index (χ3v) is 3.31. The van der Waals surface area contributed by atoms with Crippen LogP contribution in [0.25, 0.3) is 5.57 Å². The van der Waals surface area contributed by atoms with Gasteiger partial charge in [0.15, 0.2) is 0 Å². The van der Waals surface area contributed by atoms with Crippen LogP contribution in [0, 0.1) is 11.3 Å². The molecule has 104 valence electrons. The standard InChI is InChI=1S/C17H14N2O2/c1-17(2)8-14(15-7-6-12(20)10-19-15)13-5-3-4-11(9-18)16(13)21-17/h3-8,10,20H,1-2H3. The van der Waals surface area contributed by atoms with Gasteiger partial charge in [-0.1, -0.05) is 12.1 Å². The van der Waals surface area contributed by atoms with Gasteiger partial charge in [-0.3, -0.25) is 4.98 Å². The van der Waals surface area contributed by atoms with Crippen LogP contribution in [-0.2, 0) is 0 Å². The minimum absolute atomic E-state index is 0.122. The lowest BCUT2D eigenvalue weighted by molar-refractivity contribution is 0.157. The molecule has 3 rings (SSSR count). The Labute approximate surface area is 123 Å². The van der Waals surface area contributed by atoms with Gasteiger partial charge in [-0.25, -0.2) is 0 Å². The van der Waals surface area contributed by atoms with Gasteiger partial charge in [-0.15, -0.1) is 0 Å². The third-order valence-electron chi connectivity index (χ3n) is 3.31. The second-order valence-corrected chi connectivity index (χ2v) is 5.46. The van der Waals surface area contributed by atoms with Gasteiger partial charge in [0.1, 0.15) is 23.2 Å². The number of hydrogen-bond donors (Lipinski definition) is 1. The van der Waals surface area contributed by atoms with Crippen LogP contribution >= 0.6 is 0 Å². The highest BCUT2D eigenvalue weighted by atomic mass is 16.5. The van der Waals surface area contributed by atoms with Crippen molar-refractivity contribution in [1.29, 1.82) is 5.26 Å². The molecule has 4 nitrogen and oxygen atoms in total. The van der Waals surface area contributed by atoms with Crippen molar-refractivity contribution in [2.45, 2.75) is 19.4 Å². The Bertz CT molecular complexity index is 768. The molecule has 4 heteroatoms. The predicted octanol–water partition coefficient (Wildman–Crippen LogP) is 3.26. The Morgan fingerprint density at radius 2 is 2.05 bits per heavy atom. The van der Waals surface area contributed by atoms with E-state index in [0.717, 1.165) is 16.8 Å². The lowest BCUT2D eigenvalue weighted by Crippen LogP contribution is -2.29. The quantitative estimate of drug-likeness (QED) is 0.869. The summed E-state index contributed by atoms with van der Waals surface area (Å²) in [6, 6.07) is 11.0. The molecule has 1 N–H and O–H groups in total. The number of ether oxygens (including phenoxy) is 1. The van der Waals surface area contributed by atoms with Gasteiger partial charge < -0.3 is 9.84 Å². The molecule has 0 unspecified atom stereocenters. The van der Waals surface area contributed by atoms with Gasteiger partial charge in [0.25, 0.3) is 0 Å². The summed E-state index contributed by atoms with van der Waals surface area (Å²) in [5, 5.41) is 18.6. The van der Waals surface area contributed by atoms with Crippen molar-refractivity contribution in [1.82, 2.24) is 4.98 Å². The molecule has 0 spiro atoms. The highest BCUT2D eigenvalue weighted by Crippen LogP contribution is 2.40. The zero-order chi connectivity index (χ0) is 15.0. The van der Waals surface area contributed by atoms with Crippen molar-refractivity contribution in [3.8, 4) is 17.6 Å². The monoisotopic (exact) mass is 278 g/mol. The minimum Gasteiger partial charge on any atom is -0.506 e. The molecule has 1 aromatic heterocycles. The normalized spacial score (nSPS) is 15.4. The molecule has 0 aliphatic carbocycles. The first-order valence-electron chi connectivity index (χ1n) is 6.61. The molecule has 0 fully saturated rings. The van der Waals surface area contributed by atoms with E-state index in [9.17, 15) is 10.4 Å². The van der Waals surface area contributed by atoms with Crippen molar-refractivity contribution >= 4 is 5.57 Å². The van der Waals surface area contributed by atoms with E-state index < -0.39 is 5.60 Å². The molecule has 1 aliphatic rings. The molecule has 0 radical (unpaired) electrons. The summed E-state index contributed by atoms with van der Waals surface area (Å²) in [7, 11) is 0. The molecule has 0 atom stereocenters. The van der Waals surface area contributed by atoms with Gasteiger partial charge in [0.05, 0.1) is 17.5 Å². The smallest absolute Gasteiger partial charge is 0.146 e. The molecule has 2 heterocycles. The summed E-state index contributed by atoms with van der Waals surface area (Å²) >= 11 is 0. The maximum absolute atomic E-state index is 9.39. The number of aromatic hydroxyl groups is 1. The Morgan fingerprint density at radius 3 is 2.71 bits per heavy atom. The van der Waals surface area contributed by atoms with Gasteiger partial charge in [0, 0.05) is 11.1 Å². The SMILES string of the molecule is CC1(C)C=C(c2ccc(O)cn2)c2cccc(C#N)c2O1. The molecule has 0 bridgehead atoms. The van der Waals surface area contributed by atoms with Gasteiger partial charge in [0.2, 0.25) is 0 Å². The number of nitriles is 1. The summed E-state index contributed by atoms with van der Waals surface area (Å²) in [6.07, 6.45) is 3.39. The Kier molecular flexibility index (Phi) is 2.91. The first-order chi connectivity index (χ1) is 10.00. The number of hydrogen-bond acceptors (Lipinski definition) is 4. The third kappa shape index (κ3) is 2.34. The van der Waals surface area contributed by atoms with Crippen molar-refractivity contribution in [3.63, 3.8) is 0 Å². The van der Waals surface area contributed by atoms with Crippen LogP contribution in [0.15, 0.2) is 42.6 Å². The van der Waals surface area contributed by atoms with E-state index in [1.54, 1.807) is 18.2 Å². The van der Waals surface area contributed by atoms with Gasteiger partial charge >= 0.3 is 0 Å². The number of rotatable bonds is 1. The average molecular weight is 278 g/mol. The highest BCUT2D eigenvalue weighted by molar-refractivity contribution is 5.84. The topological polar surface area (TPSA) is 66.1 Å². The summed E-state index contributed by atoms with van der Waals surface area (Å²) in [5.41, 5.74) is 2.45. The average Bonchev–Trinajstić information content (AvgIpc) is 2.46. The Balaban J connectivity index is 2.23. The fraction of sp³-hybridized carbons (Fsp3) is 0.176. The Hall–Kier alpha value is -2.80. The first kappa shape index (κ1) is 13.2. The van der Waals surface area contributed by atoms with E-state index in [1.165, 1.54) is 6.20 Å². The fourth-order valence-electron chi connectivity index (χ4n) is 2.42. The van der Waals surface area contributed by atoms with Crippen LogP contribution in [0.3, 0.4) is 0 Å². The second-order valence-electron chi connectivity index (χ2n) is 5.46. The van der Waals surface area contributed by atoms with Gasteiger partial charge in [-0.05, 0) is 38.1 Å². The van der Waals surface area contributed by atoms with E-state index >= 15 is 0 Å². The molecule has 0 saturated carbocycles. The molecule has 0 amide bonds. The second kappa shape index (κ2) is 4.64. The largest absolute Gasteiger partial charge is 0.506 e. The number of nitrogens with zero attached hydrogens (tertiary/aromatic N) is 2. The van der Waals surface area contributed by atoms with E-state index in [0.29, 0.717) is 11.3 Å². The van der Waals surface area contributed by atoms with Gasteiger partial charge in [-0.2, -0.15) is 5.26 Å². The van der Waals surface area contributed by atoms with Crippen LogP contribution in [0.4, 0.5) is 0 Å².